The molecule has 0 aliphatic carbocycles. The summed E-state index contributed by atoms with van der Waals surface area (Å²) in [6.07, 6.45) is -0.320. The van der Waals surface area contributed by atoms with Crippen LogP contribution in [0.3, 0.4) is 0 Å². The summed E-state index contributed by atoms with van der Waals surface area (Å²) in [5.74, 6) is 0. The Bertz CT molecular complexity index is 480. The normalized spacial score (nSPS) is 13.4. The molecule has 0 aliphatic heterocycles. The van der Waals surface area contributed by atoms with Crippen LogP contribution in [0.4, 0.5) is 0 Å². The fraction of sp³-hybridized carbons (Fsp3) is 0.333. The second-order valence-electron chi connectivity index (χ2n) is 6.03. The number of aliphatic hydroxyl groups is 1. The molecule has 0 heterocycles. The van der Waals surface area contributed by atoms with Gasteiger partial charge < -0.3 is 9.59 Å². The molecule has 1 atom stereocenters. The molecule has 2 rings (SSSR count). The monoisotopic (exact) mass is 270 g/mol. The fourth-order valence-corrected chi connectivity index (χ4v) is 3.06. The van der Waals surface area contributed by atoms with Gasteiger partial charge in [0.1, 0.15) is 18.7 Å². The van der Waals surface area contributed by atoms with Gasteiger partial charge in [-0.2, -0.15) is 0 Å². The fourth-order valence-electron chi connectivity index (χ4n) is 3.06. The van der Waals surface area contributed by atoms with Gasteiger partial charge in [-0.15, -0.1) is 0 Å². The molecule has 0 aliphatic rings. The van der Waals surface area contributed by atoms with Crippen molar-refractivity contribution in [2.45, 2.75) is 19.1 Å². The molecule has 2 aromatic rings. The van der Waals surface area contributed by atoms with E-state index in [1.54, 1.807) is 0 Å². The van der Waals surface area contributed by atoms with Crippen LogP contribution in [0.25, 0.3) is 0 Å². The van der Waals surface area contributed by atoms with Crippen LogP contribution in [0.2, 0.25) is 0 Å². The van der Waals surface area contributed by atoms with Gasteiger partial charge >= 0.3 is 0 Å². The molecule has 0 aromatic heterocycles. The molecule has 0 saturated carbocycles. The standard InChI is InChI=1S/C18H24NO/c1-15(20)14-19(2,3)18(16-10-6-4-7-11-16)17-12-8-5-9-13-17/h4-13,15,18,20H,14H2,1-3H3/q+1. The van der Waals surface area contributed by atoms with Crippen molar-refractivity contribution in [1.29, 1.82) is 0 Å². The summed E-state index contributed by atoms with van der Waals surface area (Å²) < 4.78 is 0.728. The van der Waals surface area contributed by atoms with Gasteiger partial charge in [-0.05, 0) is 6.92 Å². The first kappa shape index (κ1) is 14.8. The molecule has 0 amide bonds. The zero-order chi connectivity index (χ0) is 14.6. The van der Waals surface area contributed by atoms with Crippen LogP contribution >= 0.6 is 0 Å². The number of hydrogen-bond donors (Lipinski definition) is 1. The smallest absolute Gasteiger partial charge is 0.140 e. The number of benzene rings is 2. The third-order valence-electron chi connectivity index (χ3n) is 3.66. The summed E-state index contributed by atoms with van der Waals surface area (Å²) in [7, 11) is 4.36. The number of nitrogens with zero attached hydrogens (tertiary/aromatic N) is 1. The minimum absolute atomic E-state index is 0.229. The Morgan fingerprint density at radius 1 is 0.850 bits per heavy atom. The summed E-state index contributed by atoms with van der Waals surface area (Å²) in [6, 6.07) is 21.3. The van der Waals surface area contributed by atoms with Crippen LogP contribution in [-0.2, 0) is 0 Å². The van der Waals surface area contributed by atoms with Gasteiger partial charge in [-0.1, -0.05) is 60.7 Å². The molecule has 20 heavy (non-hydrogen) atoms. The van der Waals surface area contributed by atoms with Gasteiger partial charge in [-0.25, -0.2) is 0 Å². The number of likely N-dealkylation sites (N-methyl/N-ethyl adjacent to an activating group) is 1. The molecule has 0 fully saturated rings. The van der Waals surface area contributed by atoms with Crippen LogP contribution in [0.15, 0.2) is 60.7 Å². The molecule has 0 saturated heterocycles. The Morgan fingerprint density at radius 3 is 1.60 bits per heavy atom. The molecule has 1 N–H and O–H groups in total. The highest BCUT2D eigenvalue weighted by molar-refractivity contribution is 5.29. The summed E-state index contributed by atoms with van der Waals surface area (Å²) in [6.45, 7) is 2.57. The summed E-state index contributed by atoms with van der Waals surface area (Å²) in [5, 5.41) is 9.82. The predicted octanol–water partition coefficient (Wildman–Crippen LogP) is 3.23. The molecule has 0 radical (unpaired) electrons. The van der Waals surface area contributed by atoms with E-state index in [2.05, 4.69) is 62.6 Å². The Hall–Kier alpha value is -1.64. The van der Waals surface area contributed by atoms with E-state index in [1.165, 1.54) is 11.1 Å². The van der Waals surface area contributed by atoms with E-state index in [-0.39, 0.29) is 12.1 Å². The van der Waals surface area contributed by atoms with E-state index in [4.69, 9.17) is 0 Å². The van der Waals surface area contributed by atoms with E-state index in [0.717, 1.165) is 4.48 Å². The van der Waals surface area contributed by atoms with Crippen molar-refractivity contribution in [1.82, 2.24) is 0 Å². The molecule has 2 aromatic carbocycles. The average molecular weight is 270 g/mol. The van der Waals surface area contributed by atoms with Crippen LogP contribution in [0.1, 0.15) is 24.1 Å². The van der Waals surface area contributed by atoms with Crippen molar-refractivity contribution in [2.75, 3.05) is 20.6 Å². The first-order valence-electron chi connectivity index (χ1n) is 7.11. The van der Waals surface area contributed by atoms with Gasteiger partial charge in [0.05, 0.1) is 14.1 Å². The van der Waals surface area contributed by atoms with Gasteiger partial charge in [0.2, 0.25) is 0 Å². The lowest BCUT2D eigenvalue weighted by molar-refractivity contribution is -0.917. The van der Waals surface area contributed by atoms with E-state index >= 15 is 0 Å². The lowest BCUT2D eigenvalue weighted by Crippen LogP contribution is -2.47. The van der Waals surface area contributed by atoms with Crippen molar-refractivity contribution in [3.63, 3.8) is 0 Å². The highest BCUT2D eigenvalue weighted by Crippen LogP contribution is 2.32. The Kier molecular flexibility index (Phi) is 4.58. The van der Waals surface area contributed by atoms with Crippen LogP contribution in [-0.4, -0.2) is 36.3 Å². The van der Waals surface area contributed by atoms with Crippen LogP contribution in [0, 0.1) is 0 Å². The second-order valence-corrected chi connectivity index (χ2v) is 6.03. The summed E-state index contributed by atoms with van der Waals surface area (Å²) in [4.78, 5) is 0. The van der Waals surface area contributed by atoms with Gasteiger partial charge in [0, 0.05) is 11.1 Å². The van der Waals surface area contributed by atoms with Crippen molar-refractivity contribution >= 4 is 0 Å². The number of hydrogen-bond acceptors (Lipinski definition) is 1. The maximum Gasteiger partial charge on any atom is 0.140 e. The molecule has 0 spiro atoms. The molecule has 2 heteroatoms. The minimum Gasteiger partial charge on any atom is -0.388 e. The zero-order valence-electron chi connectivity index (χ0n) is 12.5. The molecular weight excluding hydrogens is 246 g/mol. The molecule has 0 bridgehead atoms. The topological polar surface area (TPSA) is 20.2 Å². The summed E-state index contributed by atoms with van der Waals surface area (Å²) in [5.41, 5.74) is 2.56. The third kappa shape index (κ3) is 3.47. The number of aliphatic hydroxyl groups excluding tert-OH is 1. The van der Waals surface area contributed by atoms with E-state index < -0.39 is 0 Å². The lowest BCUT2D eigenvalue weighted by Gasteiger charge is -2.39. The van der Waals surface area contributed by atoms with E-state index in [9.17, 15) is 5.11 Å². The van der Waals surface area contributed by atoms with E-state index in [0.29, 0.717) is 6.54 Å². The van der Waals surface area contributed by atoms with Crippen molar-refractivity contribution in [2.24, 2.45) is 0 Å². The van der Waals surface area contributed by atoms with Crippen molar-refractivity contribution in [3.05, 3.63) is 71.8 Å². The quantitative estimate of drug-likeness (QED) is 0.827. The van der Waals surface area contributed by atoms with Crippen molar-refractivity contribution in [3.8, 4) is 0 Å². The van der Waals surface area contributed by atoms with Gasteiger partial charge in [0.25, 0.3) is 0 Å². The average Bonchev–Trinajstić information content (AvgIpc) is 2.39. The largest absolute Gasteiger partial charge is 0.388 e. The van der Waals surface area contributed by atoms with Gasteiger partial charge in [0.15, 0.2) is 0 Å². The highest BCUT2D eigenvalue weighted by Gasteiger charge is 2.32. The van der Waals surface area contributed by atoms with E-state index in [1.807, 2.05) is 19.1 Å². The highest BCUT2D eigenvalue weighted by atomic mass is 16.3. The first-order chi connectivity index (χ1) is 9.50. The molecule has 2 nitrogen and oxygen atoms in total. The minimum atomic E-state index is -0.320. The van der Waals surface area contributed by atoms with Crippen molar-refractivity contribution < 1.29 is 9.59 Å². The predicted molar refractivity (Wildman–Crippen MR) is 83.4 cm³/mol. The molecule has 106 valence electrons. The third-order valence-corrected chi connectivity index (χ3v) is 3.66. The molecular formula is C18H24NO+. The Morgan fingerprint density at radius 2 is 1.25 bits per heavy atom. The Labute approximate surface area is 121 Å². The van der Waals surface area contributed by atoms with Gasteiger partial charge in [-0.3, -0.25) is 0 Å². The maximum absolute atomic E-state index is 9.82. The van der Waals surface area contributed by atoms with Crippen LogP contribution < -0.4 is 0 Å². The maximum atomic E-state index is 9.82. The second kappa shape index (κ2) is 6.21. The summed E-state index contributed by atoms with van der Waals surface area (Å²) >= 11 is 0. The van der Waals surface area contributed by atoms with Crippen LogP contribution in [0.5, 0.6) is 0 Å². The first-order valence-corrected chi connectivity index (χ1v) is 7.11. The number of rotatable bonds is 5. The number of quaternary nitrogens is 1. The SMILES string of the molecule is CC(O)C[N+](C)(C)C(c1ccccc1)c1ccccc1. The molecule has 1 unspecified atom stereocenters. The zero-order valence-corrected chi connectivity index (χ0v) is 12.5. The lowest BCUT2D eigenvalue weighted by atomic mass is 9.95. The Balaban J connectivity index is 2.45.